The minimum absolute atomic E-state index is 0.117. The van der Waals surface area contributed by atoms with Crippen molar-refractivity contribution in [2.24, 2.45) is 17.8 Å². The van der Waals surface area contributed by atoms with Gasteiger partial charge in [0.05, 0.1) is 5.56 Å². The van der Waals surface area contributed by atoms with Crippen LogP contribution in [-0.2, 0) is 12.3 Å². The van der Waals surface area contributed by atoms with E-state index in [-0.39, 0.29) is 18.1 Å². The summed E-state index contributed by atoms with van der Waals surface area (Å²) in [5, 5.41) is 0. The Morgan fingerprint density at radius 3 is 1.79 bits per heavy atom. The quantitative estimate of drug-likeness (QED) is 0.220. The van der Waals surface area contributed by atoms with E-state index < -0.39 is 40.8 Å². The molecule has 1 nitrogen and oxygen atoms in total. The number of alkyl halides is 5. The summed E-state index contributed by atoms with van der Waals surface area (Å²) >= 11 is 0. The van der Waals surface area contributed by atoms with Gasteiger partial charge in [0.1, 0.15) is 22.9 Å². The van der Waals surface area contributed by atoms with Gasteiger partial charge >= 0.3 is 12.3 Å². The van der Waals surface area contributed by atoms with Crippen LogP contribution in [0.25, 0.3) is 0 Å². The zero-order chi connectivity index (χ0) is 28.2. The maximum absolute atomic E-state index is 14.7. The van der Waals surface area contributed by atoms with Crippen LogP contribution < -0.4 is 4.74 Å². The average molecular weight is 559 g/mol. The molecule has 2 aliphatic rings. The molecular formula is C31H37F7O. The fraction of sp³-hybridized carbons (Fsp3) is 0.613. The van der Waals surface area contributed by atoms with Gasteiger partial charge in [-0.25, -0.2) is 8.78 Å². The minimum Gasteiger partial charge on any atom is -0.429 e. The molecule has 2 aromatic rings. The number of ether oxygens (including phenoxy) is 1. The van der Waals surface area contributed by atoms with E-state index in [1.54, 1.807) is 12.1 Å². The second kappa shape index (κ2) is 12.5. The summed E-state index contributed by atoms with van der Waals surface area (Å²) in [6, 6.07) is 5.88. The molecule has 0 spiro atoms. The van der Waals surface area contributed by atoms with E-state index in [9.17, 15) is 30.7 Å². The lowest BCUT2D eigenvalue weighted by Crippen LogP contribution is -2.25. The Kier molecular flexibility index (Phi) is 9.53. The monoisotopic (exact) mass is 558 g/mol. The molecule has 0 heterocycles. The van der Waals surface area contributed by atoms with Crippen LogP contribution in [0.4, 0.5) is 30.7 Å². The molecule has 2 aromatic carbocycles. The van der Waals surface area contributed by atoms with Crippen molar-refractivity contribution < 1.29 is 35.5 Å². The molecule has 0 atom stereocenters. The fourth-order valence-electron chi connectivity index (χ4n) is 6.59. The van der Waals surface area contributed by atoms with Crippen molar-refractivity contribution in [3.05, 3.63) is 64.7 Å². The van der Waals surface area contributed by atoms with Crippen LogP contribution in [0.2, 0.25) is 0 Å². The summed E-state index contributed by atoms with van der Waals surface area (Å²) in [5.41, 5.74) is -1.73. The SMILES string of the molecule is CCCCCC1CCC(C2CCC(c3ccc(C(F)(F)Oc4cc(F)c(C(F)(F)F)c(F)c4)cc3)CC2)CC1. The van der Waals surface area contributed by atoms with Gasteiger partial charge in [-0.05, 0) is 79.9 Å². The van der Waals surface area contributed by atoms with Crippen LogP contribution >= 0.6 is 0 Å². The molecule has 2 saturated carbocycles. The van der Waals surface area contributed by atoms with E-state index in [4.69, 9.17) is 0 Å². The Morgan fingerprint density at radius 2 is 1.28 bits per heavy atom. The molecule has 0 aliphatic heterocycles. The van der Waals surface area contributed by atoms with Crippen LogP contribution in [0.5, 0.6) is 5.75 Å². The second-order valence-corrected chi connectivity index (χ2v) is 11.4. The maximum atomic E-state index is 14.7. The van der Waals surface area contributed by atoms with Crippen LogP contribution in [0.3, 0.4) is 0 Å². The summed E-state index contributed by atoms with van der Waals surface area (Å²) < 4.78 is 99.6. The molecule has 8 heteroatoms. The van der Waals surface area contributed by atoms with Gasteiger partial charge in [-0.15, -0.1) is 0 Å². The summed E-state index contributed by atoms with van der Waals surface area (Å²) in [6.07, 6.45) is 5.67. The van der Waals surface area contributed by atoms with Gasteiger partial charge in [-0.2, -0.15) is 22.0 Å². The van der Waals surface area contributed by atoms with Gasteiger partial charge in [0.2, 0.25) is 0 Å². The Balaban J connectivity index is 1.30. The molecular weight excluding hydrogens is 521 g/mol. The second-order valence-electron chi connectivity index (χ2n) is 11.4. The predicted molar refractivity (Wildman–Crippen MR) is 137 cm³/mol. The Morgan fingerprint density at radius 1 is 0.744 bits per heavy atom. The predicted octanol–water partition coefficient (Wildman–Crippen LogP) is 10.8. The first kappa shape index (κ1) is 29.7. The van der Waals surface area contributed by atoms with Crippen molar-refractivity contribution in [2.45, 2.75) is 102 Å². The topological polar surface area (TPSA) is 9.23 Å². The first-order chi connectivity index (χ1) is 18.5. The summed E-state index contributed by atoms with van der Waals surface area (Å²) in [7, 11) is 0. The number of unbranched alkanes of at least 4 members (excludes halogenated alkanes) is 2. The average Bonchev–Trinajstić information content (AvgIpc) is 2.88. The molecule has 0 saturated heterocycles. The van der Waals surface area contributed by atoms with E-state index in [0.29, 0.717) is 0 Å². The highest BCUT2D eigenvalue weighted by atomic mass is 19.4. The summed E-state index contributed by atoms with van der Waals surface area (Å²) in [6.45, 7) is 2.24. The highest BCUT2D eigenvalue weighted by Gasteiger charge is 2.40. The largest absolute Gasteiger partial charge is 0.429 e. The number of halogens is 7. The van der Waals surface area contributed by atoms with Gasteiger partial charge in [-0.1, -0.05) is 57.6 Å². The summed E-state index contributed by atoms with van der Waals surface area (Å²) in [5.74, 6) is -2.35. The molecule has 0 unspecified atom stereocenters. The van der Waals surface area contributed by atoms with Crippen molar-refractivity contribution >= 4 is 0 Å². The van der Waals surface area contributed by atoms with Crippen molar-refractivity contribution in [3.63, 3.8) is 0 Å². The Bertz CT molecular complexity index is 1040. The smallest absolute Gasteiger partial charge is 0.426 e. The van der Waals surface area contributed by atoms with Gasteiger partial charge in [0.25, 0.3) is 0 Å². The van der Waals surface area contributed by atoms with Gasteiger partial charge < -0.3 is 4.74 Å². The number of benzene rings is 2. The molecule has 0 bridgehead atoms. The molecule has 2 fully saturated rings. The lowest BCUT2D eigenvalue weighted by atomic mass is 9.68. The maximum Gasteiger partial charge on any atom is 0.426 e. The van der Waals surface area contributed by atoms with Crippen molar-refractivity contribution in [1.29, 1.82) is 0 Å². The molecule has 0 radical (unpaired) electrons. The number of hydrogen-bond donors (Lipinski definition) is 0. The molecule has 0 amide bonds. The highest BCUT2D eigenvalue weighted by Crippen LogP contribution is 2.45. The lowest BCUT2D eigenvalue weighted by Gasteiger charge is -2.38. The van der Waals surface area contributed by atoms with Crippen molar-refractivity contribution in [1.82, 2.24) is 0 Å². The molecule has 0 N–H and O–H groups in total. The molecule has 2 aliphatic carbocycles. The van der Waals surface area contributed by atoms with E-state index in [2.05, 4.69) is 11.7 Å². The lowest BCUT2D eigenvalue weighted by molar-refractivity contribution is -0.185. The van der Waals surface area contributed by atoms with Crippen molar-refractivity contribution in [3.8, 4) is 5.75 Å². The summed E-state index contributed by atoms with van der Waals surface area (Å²) in [4.78, 5) is 0. The van der Waals surface area contributed by atoms with Gasteiger partial charge in [-0.3, -0.25) is 0 Å². The molecule has 4 rings (SSSR count). The third kappa shape index (κ3) is 7.49. The van der Waals surface area contributed by atoms with Crippen LogP contribution in [0.15, 0.2) is 36.4 Å². The zero-order valence-corrected chi connectivity index (χ0v) is 22.3. The van der Waals surface area contributed by atoms with E-state index >= 15 is 0 Å². The molecule has 216 valence electrons. The number of rotatable bonds is 9. The van der Waals surface area contributed by atoms with E-state index in [1.807, 2.05) is 0 Å². The zero-order valence-electron chi connectivity index (χ0n) is 22.3. The number of hydrogen-bond acceptors (Lipinski definition) is 1. The standard InChI is InChI=1S/C31H37F7O/c1-2-3-4-5-20-6-8-21(9-7-20)22-10-12-23(13-11-22)24-14-16-25(17-15-24)31(37,38)39-26-18-27(32)29(28(33)19-26)30(34,35)36/h14-23H,2-13H2,1H3. The van der Waals surface area contributed by atoms with E-state index in [1.165, 1.54) is 63.5 Å². The fourth-order valence-corrected chi connectivity index (χ4v) is 6.59. The normalized spacial score (nSPS) is 24.5. The molecule has 0 aromatic heterocycles. The first-order valence-corrected chi connectivity index (χ1v) is 14.2. The third-order valence-corrected chi connectivity index (χ3v) is 8.81. The highest BCUT2D eigenvalue weighted by molar-refractivity contribution is 5.34. The minimum atomic E-state index is -5.29. The van der Waals surface area contributed by atoms with Crippen molar-refractivity contribution in [2.75, 3.05) is 0 Å². The van der Waals surface area contributed by atoms with Gasteiger partial charge in [0.15, 0.2) is 0 Å². The first-order valence-electron chi connectivity index (χ1n) is 14.2. The molecule has 39 heavy (non-hydrogen) atoms. The van der Waals surface area contributed by atoms with Crippen LogP contribution in [0.1, 0.15) is 107 Å². The van der Waals surface area contributed by atoms with E-state index in [0.717, 1.165) is 49.0 Å². The Hall–Kier alpha value is -2.25. The van der Waals surface area contributed by atoms with Gasteiger partial charge in [0, 0.05) is 12.1 Å². The third-order valence-electron chi connectivity index (χ3n) is 8.81. The Labute approximate surface area is 226 Å². The van der Waals surface area contributed by atoms with Crippen LogP contribution in [-0.4, -0.2) is 0 Å². The van der Waals surface area contributed by atoms with Crippen LogP contribution in [0, 0.1) is 29.4 Å².